The molecule has 0 aliphatic carbocycles. The quantitative estimate of drug-likeness (QED) is 0.0828. The van der Waals surface area contributed by atoms with Gasteiger partial charge in [-0.05, 0) is 17.8 Å². The molecule has 2 fully saturated rings. The van der Waals surface area contributed by atoms with Crippen LogP contribution in [0.4, 0.5) is 0 Å². The Labute approximate surface area is 402 Å². The van der Waals surface area contributed by atoms with E-state index < -0.39 is 144 Å². The molecule has 0 aromatic rings. The van der Waals surface area contributed by atoms with Crippen molar-refractivity contribution >= 4 is 46.6 Å². The number of rotatable bonds is 33. The van der Waals surface area contributed by atoms with Crippen LogP contribution in [0.15, 0.2) is 0 Å². The highest BCUT2D eigenvalue weighted by Gasteiger charge is 2.55. The zero-order valence-electron chi connectivity index (χ0n) is 42.8. The summed E-state index contributed by atoms with van der Waals surface area (Å²) in [5, 5.41) is 0. The third-order valence-corrected chi connectivity index (χ3v) is 10.8. The van der Waals surface area contributed by atoms with Crippen LogP contribution in [0.5, 0.6) is 0 Å². The monoisotopic (exact) mass is 973 g/mol. The van der Waals surface area contributed by atoms with Crippen LogP contribution in [0.3, 0.4) is 0 Å². The number of carbonyl (C=O) groups excluding carboxylic acids is 8. The highest BCUT2D eigenvalue weighted by atomic mass is 16.8. The predicted molar refractivity (Wildman–Crippen MR) is 243 cm³/mol. The molecular weight excluding hydrogens is 893 g/mol. The molecule has 0 aromatic carbocycles. The molecule has 0 amide bonds. The summed E-state index contributed by atoms with van der Waals surface area (Å²) in [6.45, 7) is 19.9. The predicted octanol–water partition coefficient (Wildman–Crippen LogP) is 4.41. The molecular formula is C49H80O19. The smallest absolute Gasteiger partial charge is 0.302 e. The van der Waals surface area contributed by atoms with Crippen LogP contribution in [-0.2, 0) is 90.5 Å². The van der Waals surface area contributed by atoms with Gasteiger partial charge < -0.3 is 52.1 Å². The van der Waals surface area contributed by atoms with Crippen LogP contribution in [-0.4, -0.2) is 161 Å². The van der Waals surface area contributed by atoms with E-state index in [2.05, 4.69) is 0 Å². The van der Waals surface area contributed by atoms with Gasteiger partial charge in [-0.3, -0.25) is 38.4 Å². The fourth-order valence-corrected chi connectivity index (χ4v) is 7.06. The molecule has 2 aliphatic heterocycles. The molecule has 2 heterocycles. The van der Waals surface area contributed by atoms with E-state index in [-0.39, 0.29) is 71.7 Å². The lowest BCUT2D eigenvalue weighted by Crippen LogP contribution is -2.66. The molecule has 2 rings (SSSR count). The molecule has 2 aliphatic rings. The Morgan fingerprint density at radius 3 is 0.941 bits per heavy atom. The summed E-state index contributed by atoms with van der Waals surface area (Å²) in [7, 11) is 0. The van der Waals surface area contributed by atoms with Gasteiger partial charge in [0.05, 0.1) is 0 Å². The minimum atomic E-state index is -1.67. The summed E-state index contributed by atoms with van der Waals surface area (Å²) in [6.07, 6.45) is -13.6. The van der Waals surface area contributed by atoms with Gasteiger partial charge in [-0.15, -0.1) is 0 Å². The second kappa shape index (κ2) is 30.4. The standard InChI is InChI=1S/C49H80O19/c1-26(2)15-34(52)18-60-42-40(24-58-32(13)50)66-48(46(62-20-36(54)17-28(5)6)44(42)61-19-35(53)16-27(3)4)68-49-47(65-23-39(57)31(11)12)45(64-22-38(56)30(9)10)43(63-21-37(55)29(7)8)41(67-49)25-59-33(14)51/h26-31,40-49H,15-25H2,1-14H3/t40-,41+,42-,43+,44+,45-,46-,47+,48?,49?/m0/s1. The number of Topliss-reactive ketones (excluding diaryl/α,β-unsaturated/α-hetero) is 6. The van der Waals surface area contributed by atoms with Gasteiger partial charge in [0.15, 0.2) is 47.3 Å². The largest absolute Gasteiger partial charge is 0.463 e. The molecule has 0 aromatic heterocycles. The average Bonchev–Trinajstić information content (AvgIpc) is 3.22. The van der Waals surface area contributed by atoms with Gasteiger partial charge in [-0.1, -0.05) is 83.1 Å². The first-order valence-corrected chi connectivity index (χ1v) is 23.9. The van der Waals surface area contributed by atoms with Crippen LogP contribution in [0.25, 0.3) is 0 Å². The van der Waals surface area contributed by atoms with Crippen molar-refractivity contribution < 1.29 is 90.5 Å². The Kier molecular flexibility index (Phi) is 27.1. The van der Waals surface area contributed by atoms with Crippen molar-refractivity contribution in [3.05, 3.63) is 0 Å². The zero-order chi connectivity index (χ0) is 51.4. The first-order valence-electron chi connectivity index (χ1n) is 23.9. The SMILES string of the molecule is CC(=O)OC[C@@H]1OC(OC2O[C@H](COC(C)=O)[C@@H](OCC(=O)C(C)C)[C@H](OCC(=O)C(C)C)[C@H]2OCC(=O)C(C)C)[C@@H](OCC(=O)CC(C)C)[C@H](OCC(=O)CC(C)C)[C@H]1OCC(=O)CC(C)C. The summed E-state index contributed by atoms with van der Waals surface area (Å²) in [5.74, 6) is -4.63. The van der Waals surface area contributed by atoms with E-state index in [0.29, 0.717) is 0 Å². The molecule has 390 valence electrons. The Hall–Kier alpha value is -3.40. The van der Waals surface area contributed by atoms with Crippen molar-refractivity contribution in [3.63, 3.8) is 0 Å². The number of carbonyl (C=O) groups is 8. The Bertz CT molecular complexity index is 1640. The van der Waals surface area contributed by atoms with E-state index in [1.165, 1.54) is 13.8 Å². The number of ketones is 6. The van der Waals surface area contributed by atoms with Crippen molar-refractivity contribution in [2.75, 3.05) is 52.9 Å². The summed E-state index contributed by atoms with van der Waals surface area (Å²) >= 11 is 0. The zero-order valence-corrected chi connectivity index (χ0v) is 42.8. The lowest BCUT2D eigenvalue weighted by molar-refractivity contribution is -0.388. The molecule has 0 spiro atoms. The molecule has 0 bridgehead atoms. The second-order valence-corrected chi connectivity index (χ2v) is 19.8. The van der Waals surface area contributed by atoms with Crippen molar-refractivity contribution in [1.82, 2.24) is 0 Å². The third-order valence-electron chi connectivity index (χ3n) is 10.8. The summed E-state index contributed by atoms with van der Waals surface area (Å²) in [5.41, 5.74) is 0. The molecule has 19 heteroatoms. The van der Waals surface area contributed by atoms with Gasteiger partial charge >= 0.3 is 11.9 Å². The van der Waals surface area contributed by atoms with Crippen molar-refractivity contribution in [2.45, 2.75) is 178 Å². The summed E-state index contributed by atoms with van der Waals surface area (Å²) in [6, 6.07) is 0. The van der Waals surface area contributed by atoms with E-state index >= 15 is 0 Å². The van der Waals surface area contributed by atoms with Crippen LogP contribution in [0.1, 0.15) is 116 Å². The maximum atomic E-state index is 13.3. The van der Waals surface area contributed by atoms with E-state index in [1.807, 2.05) is 41.5 Å². The molecule has 10 atom stereocenters. The van der Waals surface area contributed by atoms with E-state index in [0.717, 1.165) is 0 Å². The lowest BCUT2D eigenvalue weighted by Gasteiger charge is -2.49. The molecule has 2 unspecified atom stereocenters. The second-order valence-electron chi connectivity index (χ2n) is 19.8. The Morgan fingerprint density at radius 2 is 0.647 bits per heavy atom. The van der Waals surface area contributed by atoms with Gasteiger partial charge in [0.25, 0.3) is 0 Å². The van der Waals surface area contributed by atoms with Crippen molar-refractivity contribution in [3.8, 4) is 0 Å². The first kappa shape index (κ1) is 60.7. The molecule has 0 saturated carbocycles. The fraction of sp³-hybridized carbons (Fsp3) is 0.837. The van der Waals surface area contributed by atoms with Gasteiger partial charge in [0, 0.05) is 50.9 Å². The number of hydrogen-bond donors (Lipinski definition) is 0. The Morgan fingerprint density at radius 1 is 0.382 bits per heavy atom. The Balaban J connectivity index is 2.93. The first-order chi connectivity index (χ1) is 31.8. The third kappa shape index (κ3) is 21.7. The minimum Gasteiger partial charge on any atom is -0.463 e. The van der Waals surface area contributed by atoms with E-state index in [1.54, 1.807) is 41.5 Å². The normalized spacial score (nSPS) is 25.4. The summed E-state index contributed by atoms with van der Waals surface area (Å²) < 4.78 is 68.3. The fourth-order valence-electron chi connectivity index (χ4n) is 7.06. The van der Waals surface area contributed by atoms with Crippen molar-refractivity contribution in [1.29, 1.82) is 0 Å². The molecule has 68 heavy (non-hydrogen) atoms. The van der Waals surface area contributed by atoms with Crippen LogP contribution < -0.4 is 0 Å². The van der Waals surface area contributed by atoms with E-state index in [4.69, 9.17) is 52.1 Å². The molecule has 0 N–H and O–H groups in total. The maximum absolute atomic E-state index is 13.3. The number of ether oxygens (including phenoxy) is 11. The van der Waals surface area contributed by atoms with E-state index in [9.17, 15) is 38.4 Å². The van der Waals surface area contributed by atoms with Crippen LogP contribution in [0.2, 0.25) is 0 Å². The maximum Gasteiger partial charge on any atom is 0.302 e. The van der Waals surface area contributed by atoms with Crippen molar-refractivity contribution in [2.24, 2.45) is 35.5 Å². The molecule has 2 saturated heterocycles. The van der Waals surface area contributed by atoms with Gasteiger partial charge in [-0.25, -0.2) is 0 Å². The highest BCUT2D eigenvalue weighted by Crippen LogP contribution is 2.35. The highest BCUT2D eigenvalue weighted by molar-refractivity contribution is 5.83. The van der Waals surface area contributed by atoms with Crippen LogP contribution in [0, 0.1) is 35.5 Å². The average molecular weight is 973 g/mol. The molecule has 19 nitrogen and oxygen atoms in total. The number of esters is 2. The number of hydrogen-bond acceptors (Lipinski definition) is 19. The summed E-state index contributed by atoms with van der Waals surface area (Å²) in [4.78, 5) is 104. The molecule has 0 radical (unpaired) electrons. The van der Waals surface area contributed by atoms with Gasteiger partial charge in [0.2, 0.25) is 0 Å². The lowest BCUT2D eigenvalue weighted by atomic mass is 9.96. The van der Waals surface area contributed by atoms with Crippen LogP contribution >= 0.6 is 0 Å². The van der Waals surface area contributed by atoms with Gasteiger partial charge in [-0.2, -0.15) is 0 Å². The topological polar surface area (TPSA) is 238 Å². The van der Waals surface area contributed by atoms with Gasteiger partial charge in [0.1, 0.15) is 102 Å². The minimum absolute atomic E-state index is 0.00441.